The van der Waals surface area contributed by atoms with E-state index in [1.165, 1.54) is 19.1 Å². The fourth-order valence-corrected chi connectivity index (χ4v) is 0.887. The molecule has 96 valence electrons. The maximum atomic E-state index is 10.6. The maximum absolute atomic E-state index is 10.6. The van der Waals surface area contributed by atoms with Crippen molar-refractivity contribution in [3.05, 3.63) is 29.8 Å². The van der Waals surface area contributed by atoms with Gasteiger partial charge in [0.15, 0.2) is 0 Å². The second-order valence-corrected chi connectivity index (χ2v) is 2.80. The summed E-state index contributed by atoms with van der Waals surface area (Å²) in [5, 5.41) is 8.69. The van der Waals surface area contributed by atoms with Crippen LogP contribution in [0.3, 0.4) is 0 Å². The van der Waals surface area contributed by atoms with E-state index in [9.17, 15) is 9.59 Å². The number of carbonyl (C=O) groups is 3. The minimum atomic E-state index is -1.11. The standard InChI is InChI=1S/C9H8O4.CH4N2O.Ca.2H/c1-6(10)13-8-5-3-2-4-7(8)9(11)12;2-1(3)4;;;/h2-5H,1H3,(H,11,12);(H4,2,3,4);;;. The molecule has 0 radical (unpaired) electrons. The van der Waals surface area contributed by atoms with Crippen LogP contribution in [0.15, 0.2) is 24.3 Å². The average molecular weight is 282 g/mol. The summed E-state index contributed by atoms with van der Waals surface area (Å²) in [6.45, 7) is 1.22. The van der Waals surface area contributed by atoms with Crippen molar-refractivity contribution in [3.8, 4) is 5.75 Å². The number of ether oxygens (including phenoxy) is 1. The number of esters is 1. The molecular formula is C10H14CaN2O5. The van der Waals surface area contributed by atoms with E-state index in [4.69, 9.17) is 9.90 Å². The normalized spacial score (nSPS) is 8.06. The Balaban J connectivity index is 0. The van der Waals surface area contributed by atoms with Gasteiger partial charge in [0.2, 0.25) is 0 Å². The predicted molar refractivity (Wildman–Crippen MR) is 67.0 cm³/mol. The third-order valence-electron chi connectivity index (χ3n) is 1.37. The Bertz CT molecular complexity index is 432. The number of amides is 2. The zero-order valence-electron chi connectivity index (χ0n) is 9.04. The first kappa shape index (κ1) is 19.0. The molecule has 1 aromatic rings. The molecule has 1 aromatic carbocycles. The number of rotatable bonds is 2. The van der Waals surface area contributed by atoms with Crippen LogP contribution in [-0.2, 0) is 4.79 Å². The average Bonchev–Trinajstić information content (AvgIpc) is 2.16. The minimum absolute atomic E-state index is 0. The summed E-state index contributed by atoms with van der Waals surface area (Å²) in [6, 6.07) is 5.15. The van der Waals surface area contributed by atoms with Crippen LogP contribution in [0.2, 0.25) is 0 Å². The van der Waals surface area contributed by atoms with E-state index in [2.05, 4.69) is 16.2 Å². The van der Waals surface area contributed by atoms with Crippen LogP contribution in [0.5, 0.6) is 5.75 Å². The van der Waals surface area contributed by atoms with Crippen molar-refractivity contribution in [3.63, 3.8) is 0 Å². The number of primary amides is 2. The number of hydrogen-bond acceptors (Lipinski definition) is 4. The summed E-state index contributed by atoms with van der Waals surface area (Å²) in [7, 11) is 0. The summed E-state index contributed by atoms with van der Waals surface area (Å²) in [6.07, 6.45) is 0. The van der Waals surface area contributed by atoms with E-state index in [1.807, 2.05) is 0 Å². The van der Waals surface area contributed by atoms with Crippen molar-refractivity contribution >= 4 is 55.7 Å². The zero-order valence-corrected chi connectivity index (χ0v) is 9.04. The van der Waals surface area contributed by atoms with Crippen molar-refractivity contribution in [1.82, 2.24) is 0 Å². The first-order valence-electron chi connectivity index (χ1n) is 4.40. The van der Waals surface area contributed by atoms with Gasteiger partial charge in [0, 0.05) is 6.92 Å². The van der Waals surface area contributed by atoms with Crippen LogP contribution in [0.25, 0.3) is 0 Å². The molecular weight excluding hydrogens is 268 g/mol. The van der Waals surface area contributed by atoms with Crippen LogP contribution >= 0.6 is 0 Å². The van der Waals surface area contributed by atoms with Gasteiger partial charge < -0.3 is 21.3 Å². The molecule has 0 aromatic heterocycles. The molecule has 0 bridgehead atoms. The van der Waals surface area contributed by atoms with Gasteiger partial charge in [-0.25, -0.2) is 9.59 Å². The molecule has 5 N–H and O–H groups in total. The van der Waals surface area contributed by atoms with E-state index in [0.29, 0.717) is 0 Å². The van der Waals surface area contributed by atoms with Crippen molar-refractivity contribution in [2.75, 3.05) is 0 Å². The first-order valence-corrected chi connectivity index (χ1v) is 4.40. The van der Waals surface area contributed by atoms with Crippen molar-refractivity contribution < 1.29 is 24.2 Å². The number of hydrogen-bond donors (Lipinski definition) is 3. The molecule has 0 aliphatic carbocycles. The number of carboxylic acids is 1. The number of urea groups is 1. The quantitative estimate of drug-likeness (QED) is 0.379. The molecule has 0 atom stereocenters. The summed E-state index contributed by atoms with van der Waals surface area (Å²) in [4.78, 5) is 30.2. The third kappa shape index (κ3) is 8.80. The van der Waals surface area contributed by atoms with Crippen LogP contribution in [0.1, 0.15) is 17.3 Å². The Morgan fingerprint density at radius 1 is 1.17 bits per heavy atom. The number of carbonyl (C=O) groups excluding carboxylic acids is 2. The van der Waals surface area contributed by atoms with Crippen molar-refractivity contribution in [2.24, 2.45) is 11.5 Å². The van der Waals surface area contributed by atoms with Crippen LogP contribution in [0.4, 0.5) is 4.79 Å². The zero-order chi connectivity index (χ0) is 13.4. The Hall–Kier alpha value is -1.31. The van der Waals surface area contributed by atoms with E-state index < -0.39 is 18.0 Å². The molecule has 0 spiro atoms. The molecule has 0 unspecified atom stereocenters. The van der Waals surface area contributed by atoms with Gasteiger partial charge in [-0.3, -0.25) is 4.79 Å². The second kappa shape index (κ2) is 9.69. The monoisotopic (exact) mass is 282 g/mol. The summed E-state index contributed by atoms with van der Waals surface area (Å²) < 4.78 is 4.69. The van der Waals surface area contributed by atoms with Gasteiger partial charge in [-0.05, 0) is 12.1 Å². The topological polar surface area (TPSA) is 133 Å². The Kier molecular flexibility index (Phi) is 10.3. The van der Waals surface area contributed by atoms with E-state index >= 15 is 0 Å². The van der Waals surface area contributed by atoms with Gasteiger partial charge in [-0.2, -0.15) is 0 Å². The molecule has 8 heteroatoms. The molecule has 0 fully saturated rings. The molecule has 0 saturated heterocycles. The number of benzene rings is 1. The molecule has 0 aliphatic heterocycles. The second-order valence-electron chi connectivity index (χ2n) is 2.80. The first-order chi connectivity index (χ1) is 7.84. The summed E-state index contributed by atoms with van der Waals surface area (Å²) in [5.41, 5.74) is 8.48. The van der Waals surface area contributed by atoms with Crippen LogP contribution < -0.4 is 16.2 Å². The Labute approximate surface area is 133 Å². The third-order valence-corrected chi connectivity index (χ3v) is 1.37. The predicted octanol–water partition coefficient (Wildman–Crippen LogP) is -0.582. The van der Waals surface area contributed by atoms with Gasteiger partial charge in [0.05, 0.1) is 0 Å². The fourth-order valence-electron chi connectivity index (χ4n) is 0.887. The number of nitrogens with two attached hydrogens (primary N) is 2. The van der Waals surface area contributed by atoms with Gasteiger partial charge in [0.25, 0.3) is 0 Å². The van der Waals surface area contributed by atoms with Crippen LogP contribution in [-0.4, -0.2) is 60.8 Å². The van der Waals surface area contributed by atoms with Gasteiger partial charge in [0.1, 0.15) is 11.3 Å². The molecule has 18 heavy (non-hydrogen) atoms. The van der Waals surface area contributed by atoms with E-state index in [1.54, 1.807) is 12.1 Å². The molecule has 2 amide bonds. The Morgan fingerprint density at radius 2 is 1.61 bits per heavy atom. The van der Waals surface area contributed by atoms with E-state index in [0.717, 1.165) is 0 Å². The summed E-state index contributed by atoms with van der Waals surface area (Å²) in [5.74, 6) is -1.58. The molecule has 7 nitrogen and oxygen atoms in total. The van der Waals surface area contributed by atoms with Gasteiger partial charge in [-0.15, -0.1) is 0 Å². The fraction of sp³-hybridized carbons (Fsp3) is 0.100. The number of aromatic carboxylic acids is 1. The van der Waals surface area contributed by atoms with Crippen molar-refractivity contribution in [2.45, 2.75) is 6.92 Å². The molecule has 0 aliphatic rings. The van der Waals surface area contributed by atoms with Gasteiger partial charge >= 0.3 is 55.7 Å². The number of carboxylic acid groups (broad SMARTS) is 1. The number of para-hydroxylation sites is 1. The van der Waals surface area contributed by atoms with E-state index in [-0.39, 0.29) is 49.1 Å². The molecule has 0 saturated carbocycles. The van der Waals surface area contributed by atoms with Gasteiger partial charge in [-0.1, -0.05) is 12.1 Å². The molecule has 0 heterocycles. The van der Waals surface area contributed by atoms with Crippen LogP contribution in [0, 0.1) is 0 Å². The van der Waals surface area contributed by atoms with Crippen molar-refractivity contribution in [1.29, 1.82) is 0 Å². The SMILES string of the molecule is CC(=O)Oc1ccccc1C(=O)O.NC(N)=O.[CaH2]. The Morgan fingerprint density at radius 3 is 2.00 bits per heavy atom. The summed E-state index contributed by atoms with van der Waals surface area (Å²) >= 11 is 0. The molecule has 1 rings (SSSR count).